The Kier molecular flexibility index (Phi) is 25.0. The zero-order valence-corrected chi connectivity index (χ0v) is 21.0. The van der Waals surface area contributed by atoms with Gasteiger partial charge in [-0.25, -0.2) is 0 Å². The van der Waals surface area contributed by atoms with Crippen molar-refractivity contribution in [2.45, 2.75) is 155 Å². The van der Waals surface area contributed by atoms with E-state index in [4.69, 9.17) is 9.47 Å². The number of ether oxygens (including phenoxy) is 2. The first-order chi connectivity index (χ1) is 14.8. The first-order valence-corrected chi connectivity index (χ1v) is 13.6. The van der Waals surface area contributed by atoms with Crippen molar-refractivity contribution in [3.8, 4) is 0 Å². The first kappa shape index (κ1) is 29.9. The van der Waals surface area contributed by atoms with Gasteiger partial charge in [0.1, 0.15) is 6.10 Å². The van der Waals surface area contributed by atoms with Crippen LogP contribution in [0.25, 0.3) is 0 Å². The van der Waals surface area contributed by atoms with Gasteiger partial charge in [0, 0.05) is 13.2 Å². The van der Waals surface area contributed by atoms with Gasteiger partial charge in [-0.15, -0.1) is 0 Å². The number of hydrogen-bond donors (Lipinski definition) is 1. The van der Waals surface area contributed by atoms with Gasteiger partial charge in [-0.1, -0.05) is 124 Å². The standard InChI is InChI=1S/C27H56O3/c1-4-7-10-13-16-19-22-26(28)27(30-24-21-18-15-12-9-6-3)25-29-23-20-17-14-11-8-5-2/h26-28H,4-25H2,1-3H3. The molecule has 0 aliphatic carbocycles. The van der Waals surface area contributed by atoms with Crippen LogP contribution in [0.2, 0.25) is 0 Å². The lowest BCUT2D eigenvalue weighted by Gasteiger charge is -2.23. The molecule has 2 unspecified atom stereocenters. The molecule has 0 aliphatic heterocycles. The molecule has 0 bridgehead atoms. The van der Waals surface area contributed by atoms with Crippen molar-refractivity contribution in [2.24, 2.45) is 0 Å². The Morgan fingerprint density at radius 2 is 0.967 bits per heavy atom. The molecule has 2 atom stereocenters. The highest BCUT2D eigenvalue weighted by atomic mass is 16.5. The van der Waals surface area contributed by atoms with E-state index < -0.39 is 0 Å². The zero-order chi connectivity index (χ0) is 22.1. The van der Waals surface area contributed by atoms with Crippen LogP contribution >= 0.6 is 0 Å². The van der Waals surface area contributed by atoms with Gasteiger partial charge < -0.3 is 14.6 Å². The van der Waals surface area contributed by atoms with Crippen LogP contribution in [0.3, 0.4) is 0 Å². The molecule has 0 spiro atoms. The van der Waals surface area contributed by atoms with Crippen LogP contribution in [0.15, 0.2) is 0 Å². The fourth-order valence-electron chi connectivity index (χ4n) is 3.89. The van der Waals surface area contributed by atoms with Gasteiger partial charge in [0.15, 0.2) is 0 Å². The van der Waals surface area contributed by atoms with Crippen molar-refractivity contribution in [3.05, 3.63) is 0 Å². The van der Waals surface area contributed by atoms with E-state index in [-0.39, 0.29) is 12.2 Å². The summed E-state index contributed by atoms with van der Waals surface area (Å²) >= 11 is 0. The van der Waals surface area contributed by atoms with Gasteiger partial charge in [0.25, 0.3) is 0 Å². The van der Waals surface area contributed by atoms with E-state index in [2.05, 4.69) is 20.8 Å². The highest BCUT2D eigenvalue weighted by Crippen LogP contribution is 2.14. The van der Waals surface area contributed by atoms with Crippen molar-refractivity contribution < 1.29 is 14.6 Å². The Morgan fingerprint density at radius 3 is 1.50 bits per heavy atom. The van der Waals surface area contributed by atoms with Crippen LogP contribution in [0.5, 0.6) is 0 Å². The lowest BCUT2D eigenvalue weighted by molar-refractivity contribution is -0.0831. The summed E-state index contributed by atoms with van der Waals surface area (Å²) in [5.74, 6) is 0. The monoisotopic (exact) mass is 428 g/mol. The van der Waals surface area contributed by atoms with Gasteiger partial charge in [0.05, 0.1) is 12.7 Å². The molecule has 0 aromatic carbocycles. The molecule has 3 nitrogen and oxygen atoms in total. The molecule has 0 rings (SSSR count). The maximum Gasteiger partial charge on any atom is 0.107 e. The Morgan fingerprint density at radius 1 is 0.533 bits per heavy atom. The molecule has 30 heavy (non-hydrogen) atoms. The van der Waals surface area contributed by atoms with E-state index in [1.807, 2.05) is 0 Å². The van der Waals surface area contributed by atoms with E-state index in [1.54, 1.807) is 0 Å². The molecule has 0 saturated heterocycles. The van der Waals surface area contributed by atoms with Gasteiger partial charge in [0.2, 0.25) is 0 Å². The summed E-state index contributed by atoms with van der Waals surface area (Å²) in [6, 6.07) is 0. The largest absolute Gasteiger partial charge is 0.390 e. The topological polar surface area (TPSA) is 38.7 Å². The van der Waals surface area contributed by atoms with Gasteiger partial charge in [-0.2, -0.15) is 0 Å². The minimum absolute atomic E-state index is 0.156. The maximum absolute atomic E-state index is 10.7. The quantitative estimate of drug-likeness (QED) is 0.149. The Bertz CT molecular complexity index is 308. The van der Waals surface area contributed by atoms with Crippen LogP contribution in [-0.2, 0) is 9.47 Å². The Hall–Kier alpha value is -0.120. The molecule has 1 N–H and O–H groups in total. The average molecular weight is 429 g/mol. The molecule has 0 radical (unpaired) electrons. The van der Waals surface area contributed by atoms with Crippen molar-refractivity contribution in [2.75, 3.05) is 19.8 Å². The molecule has 182 valence electrons. The third kappa shape index (κ3) is 21.1. The first-order valence-electron chi connectivity index (χ1n) is 13.6. The zero-order valence-electron chi connectivity index (χ0n) is 21.0. The number of unbranched alkanes of at least 4 members (excludes halogenated alkanes) is 15. The molecule has 0 saturated carbocycles. The fraction of sp³-hybridized carbons (Fsp3) is 1.00. The smallest absolute Gasteiger partial charge is 0.107 e. The number of hydrogen-bond acceptors (Lipinski definition) is 3. The molecule has 0 heterocycles. The third-order valence-electron chi connectivity index (χ3n) is 6.04. The van der Waals surface area contributed by atoms with Crippen LogP contribution in [0.1, 0.15) is 143 Å². The number of rotatable bonds is 25. The van der Waals surface area contributed by atoms with E-state index in [1.165, 1.54) is 96.3 Å². The summed E-state index contributed by atoms with van der Waals surface area (Å²) < 4.78 is 12.0. The summed E-state index contributed by atoms with van der Waals surface area (Å²) in [7, 11) is 0. The van der Waals surface area contributed by atoms with E-state index >= 15 is 0 Å². The van der Waals surface area contributed by atoms with Crippen molar-refractivity contribution in [3.63, 3.8) is 0 Å². The Labute approximate surface area is 189 Å². The summed E-state index contributed by atoms with van der Waals surface area (Å²) in [6.07, 6.45) is 23.1. The van der Waals surface area contributed by atoms with Crippen molar-refractivity contribution >= 4 is 0 Å². The van der Waals surface area contributed by atoms with Gasteiger partial charge in [-0.05, 0) is 19.3 Å². The maximum atomic E-state index is 10.7. The highest BCUT2D eigenvalue weighted by molar-refractivity contribution is 4.69. The lowest BCUT2D eigenvalue weighted by Crippen LogP contribution is -2.34. The van der Waals surface area contributed by atoms with Crippen LogP contribution < -0.4 is 0 Å². The SMILES string of the molecule is CCCCCCCCOCC(OCCCCCCCC)C(O)CCCCCCCC. The van der Waals surface area contributed by atoms with Crippen molar-refractivity contribution in [1.29, 1.82) is 0 Å². The molecule has 0 amide bonds. The summed E-state index contributed by atoms with van der Waals surface area (Å²) in [6.45, 7) is 8.86. The number of aliphatic hydroxyl groups excluding tert-OH is 1. The molecule has 0 aromatic rings. The van der Waals surface area contributed by atoms with Crippen LogP contribution in [-0.4, -0.2) is 37.1 Å². The molecular formula is C27H56O3. The number of aliphatic hydroxyl groups is 1. The predicted octanol–water partition coefficient (Wildman–Crippen LogP) is 8.22. The minimum atomic E-state index is -0.388. The summed E-state index contributed by atoms with van der Waals surface area (Å²) in [4.78, 5) is 0. The second-order valence-electron chi connectivity index (χ2n) is 9.14. The molecule has 3 heteroatoms. The predicted molar refractivity (Wildman–Crippen MR) is 131 cm³/mol. The molecule has 0 fully saturated rings. The second-order valence-corrected chi connectivity index (χ2v) is 9.14. The van der Waals surface area contributed by atoms with Gasteiger partial charge >= 0.3 is 0 Å². The summed E-state index contributed by atoms with van der Waals surface area (Å²) in [5.41, 5.74) is 0. The molecular weight excluding hydrogens is 372 g/mol. The van der Waals surface area contributed by atoms with E-state index in [9.17, 15) is 5.11 Å². The average Bonchev–Trinajstić information content (AvgIpc) is 2.75. The molecule has 0 aromatic heterocycles. The molecule has 0 aliphatic rings. The van der Waals surface area contributed by atoms with Crippen LogP contribution in [0.4, 0.5) is 0 Å². The third-order valence-corrected chi connectivity index (χ3v) is 6.04. The Balaban J connectivity index is 4.01. The fourth-order valence-corrected chi connectivity index (χ4v) is 3.89. The van der Waals surface area contributed by atoms with Crippen LogP contribution in [0, 0.1) is 0 Å². The second kappa shape index (κ2) is 25.1. The lowest BCUT2D eigenvalue weighted by atomic mass is 10.0. The highest BCUT2D eigenvalue weighted by Gasteiger charge is 2.20. The summed E-state index contributed by atoms with van der Waals surface area (Å²) in [5, 5.41) is 10.7. The van der Waals surface area contributed by atoms with E-state index in [0.717, 1.165) is 38.9 Å². The normalized spacial score (nSPS) is 13.6. The van der Waals surface area contributed by atoms with Crippen molar-refractivity contribution in [1.82, 2.24) is 0 Å². The van der Waals surface area contributed by atoms with E-state index in [0.29, 0.717) is 6.61 Å². The minimum Gasteiger partial charge on any atom is -0.390 e. The van der Waals surface area contributed by atoms with Gasteiger partial charge in [-0.3, -0.25) is 0 Å².